The fourth-order valence-electron chi connectivity index (χ4n) is 3.36. The number of ether oxygens (including phenoxy) is 1. The number of rotatable bonds is 8. The summed E-state index contributed by atoms with van der Waals surface area (Å²) in [5.41, 5.74) is 2.75. The van der Waals surface area contributed by atoms with Crippen LogP contribution in [-0.2, 0) is 11.3 Å². The Morgan fingerprint density at radius 2 is 1.81 bits per heavy atom. The van der Waals surface area contributed by atoms with E-state index in [2.05, 4.69) is 25.7 Å². The Bertz CT molecular complexity index is 1220. The van der Waals surface area contributed by atoms with Crippen molar-refractivity contribution in [1.29, 1.82) is 0 Å². The smallest absolute Gasteiger partial charge is 0.251 e. The van der Waals surface area contributed by atoms with Crippen LogP contribution in [0.15, 0.2) is 54.6 Å². The van der Waals surface area contributed by atoms with E-state index in [4.69, 9.17) is 4.74 Å². The number of carbonyl (C=O) groups is 1. The Morgan fingerprint density at radius 1 is 1.06 bits per heavy atom. The number of para-hydroxylation sites is 1. The molecule has 0 unspecified atom stereocenters. The summed E-state index contributed by atoms with van der Waals surface area (Å²) >= 11 is 0. The molecule has 0 bridgehead atoms. The number of anilines is 1. The average molecular weight is 434 g/mol. The zero-order chi connectivity index (χ0) is 22.5. The third-order valence-electron chi connectivity index (χ3n) is 4.83. The number of nitrogens with zero attached hydrogens (tertiary/aromatic N) is 4. The fourth-order valence-corrected chi connectivity index (χ4v) is 3.36. The lowest BCUT2D eigenvalue weighted by atomic mass is 10.2. The highest BCUT2D eigenvalue weighted by Gasteiger charge is 2.17. The van der Waals surface area contributed by atoms with Gasteiger partial charge in [-0.15, -0.1) is 0 Å². The van der Waals surface area contributed by atoms with Crippen molar-refractivity contribution >= 4 is 22.8 Å². The lowest BCUT2D eigenvalue weighted by Crippen LogP contribution is -2.29. The summed E-state index contributed by atoms with van der Waals surface area (Å²) in [5, 5.41) is 11.5. The second-order valence-electron chi connectivity index (χ2n) is 7.14. The second kappa shape index (κ2) is 9.52. The molecule has 4 aromatic rings. The summed E-state index contributed by atoms with van der Waals surface area (Å²) in [6, 6.07) is 15.2. The molecule has 2 heterocycles. The van der Waals surface area contributed by atoms with Crippen molar-refractivity contribution in [3.63, 3.8) is 0 Å². The van der Waals surface area contributed by atoms with E-state index in [-0.39, 0.29) is 18.3 Å². The van der Waals surface area contributed by atoms with Gasteiger partial charge in [0.15, 0.2) is 11.5 Å². The fraction of sp³-hybridized carbons (Fsp3) is 0.217. The van der Waals surface area contributed by atoms with Gasteiger partial charge >= 0.3 is 0 Å². The average Bonchev–Trinajstić information content (AvgIpc) is 3.14. The largest absolute Gasteiger partial charge is 0.377 e. The van der Waals surface area contributed by atoms with Crippen LogP contribution in [0, 0.1) is 12.7 Å². The molecule has 2 N–H and O–H groups in total. The summed E-state index contributed by atoms with van der Waals surface area (Å²) in [6.45, 7) is 2.95. The first-order valence-corrected chi connectivity index (χ1v) is 10.1. The first kappa shape index (κ1) is 21.4. The maximum atomic E-state index is 13.0. The highest BCUT2D eigenvalue weighted by molar-refractivity contribution is 5.94. The predicted octanol–water partition coefficient (Wildman–Crippen LogP) is 3.25. The topological polar surface area (TPSA) is 94.0 Å². The lowest BCUT2D eigenvalue weighted by molar-refractivity contribution is 0.0955. The van der Waals surface area contributed by atoms with Gasteiger partial charge in [0.05, 0.1) is 16.8 Å². The molecule has 0 aliphatic rings. The molecular weight excluding hydrogens is 411 g/mol. The van der Waals surface area contributed by atoms with Crippen molar-refractivity contribution in [2.75, 3.05) is 25.5 Å². The van der Waals surface area contributed by atoms with E-state index in [1.54, 1.807) is 11.8 Å². The van der Waals surface area contributed by atoms with E-state index < -0.39 is 0 Å². The Hall–Kier alpha value is -3.85. The molecule has 164 valence electrons. The zero-order valence-electron chi connectivity index (χ0n) is 17.8. The van der Waals surface area contributed by atoms with Crippen LogP contribution in [0.4, 0.5) is 10.2 Å². The Kier molecular flexibility index (Phi) is 6.37. The van der Waals surface area contributed by atoms with Crippen LogP contribution < -0.4 is 10.6 Å². The minimum Gasteiger partial charge on any atom is -0.377 e. The number of aromatic nitrogens is 4. The van der Waals surface area contributed by atoms with Crippen LogP contribution in [0.2, 0.25) is 0 Å². The van der Waals surface area contributed by atoms with E-state index in [1.807, 2.05) is 37.3 Å². The van der Waals surface area contributed by atoms with Gasteiger partial charge in [0.25, 0.3) is 5.91 Å². The second-order valence-corrected chi connectivity index (χ2v) is 7.14. The molecule has 0 spiro atoms. The summed E-state index contributed by atoms with van der Waals surface area (Å²) < 4.78 is 20.1. The number of carbonyl (C=O) groups excluding carboxylic acids is 1. The Morgan fingerprint density at radius 3 is 2.53 bits per heavy atom. The molecule has 1 amide bonds. The van der Waals surface area contributed by atoms with Crippen LogP contribution in [0.3, 0.4) is 0 Å². The molecule has 4 rings (SSSR count). The van der Waals surface area contributed by atoms with Crippen molar-refractivity contribution in [2.45, 2.75) is 13.5 Å². The molecule has 32 heavy (non-hydrogen) atoms. The number of hydrogen-bond donors (Lipinski definition) is 2. The van der Waals surface area contributed by atoms with Gasteiger partial charge in [-0.05, 0) is 43.3 Å². The molecule has 9 heteroatoms. The standard InChI is InChI=1S/C23H23FN6O2/c1-15-20-21(25-12-13-26-23(31)16-8-10-17(24)11-9-16)27-19(14-32-2)28-22(20)30(29-15)18-6-4-3-5-7-18/h3-11H,12-14H2,1-2H3,(H,26,31)(H,25,27,28). The van der Waals surface area contributed by atoms with Gasteiger partial charge in [0.1, 0.15) is 18.2 Å². The number of fused-ring (bicyclic) bond motifs is 1. The first-order chi connectivity index (χ1) is 15.6. The number of aryl methyl sites for hydroxylation is 1. The Balaban J connectivity index is 1.54. The van der Waals surface area contributed by atoms with Gasteiger partial charge in [-0.2, -0.15) is 5.10 Å². The number of methoxy groups -OCH3 is 1. The summed E-state index contributed by atoms with van der Waals surface area (Å²) in [6.07, 6.45) is 0. The van der Waals surface area contributed by atoms with Crippen LogP contribution in [0.5, 0.6) is 0 Å². The maximum absolute atomic E-state index is 13.0. The van der Waals surface area contributed by atoms with E-state index in [0.717, 1.165) is 16.8 Å². The van der Waals surface area contributed by atoms with Gasteiger partial charge < -0.3 is 15.4 Å². The maximum Gasteiger partial charge on any atom is 0.251 e. The van der Waals surface area contributed by atoms with Gasteiger partial charge in [-0.25, -0.2) is 19.0 Å². The third kappa shape index (κ3) is 4.57. The molecule has 0 saturated heterocycles. The van der Waals surface area contributed by atoms with Gasteiger partial charge in [-0.3, -0.25) is 4.79 Å². The molecular formula is C23H23FN6O2. The summed E-state index contributed by atoms with van der Waals surface area (Å²) in [5.74, 6) is 0.495. The van der Waals surface area contributed by atoms with Crippen LogP contribution in [0.25, 0.3) is 16.7 Å². The highest BCUT2D eigenvalue weighted by Crippen LogP contribution is 2.26. The summed E-state index contributed by atoms with van der Waals surface area (Å²) in [4.78, 5) is 21.5. The van der Waals surface area contributed by atoms with Crippen LogP contribution in [0.1, 0.15) is 21.9 Å². The van der Waals surface area contributed by atoms with E-state index in [1.165, 1.54) is 24.3 Å². The number of amides is 1. The summed E-state index contributed by atoms with van der Waals surface area (Å²) in [7, 11) is 1.59. The SMILES string of the molecule is COCc1nc(NCCNC(=O)c2ccc(F)cc2)c2c(C)nn(-c3ccccc3)c2n1. The van der Waals surface area contributed by atoms with E-state index >= 15 is 0 Å². The number of halogens is 1. The first-order valence-electron chi connectivity index (χ1n) is 10.1. The van der Waals surface area contributed by atoms with E-state index in [0.29, 0.717) is 35.9 Å². The highest BCUT2D eigenvalue weighted by atomic mass is 19.1. The molecule has 8 nitrogen and oxygen atoms in total. The number of benzene rings is 2. The van der Waals surface area contributed by atoms with E-state index in [9.17, 15) is 9.18 Å². The third-order valence-corrected chi connectivity index (χ3v) is 4.83. The van der Waals surface area contributed by atoms with Crippen LogP contribution >= 0.6 is 0 Å². The molecule has 0 radical (unpaired) electrons. The molecule has 2 aromatic heterocycles. The van der Waals surface area contributed by atoms with Gasteiger partial charge in [-0.1, -0.05) is 18.2 Å². The molecule has 0 fully saturated rings. The van der Waals surface area contributed by atoms with Crippen molar-refractivity contribution in [3.8, 4) is 5.69 Å². The molecule has 0 atom stereocenters. The number of hydrogen-bond acceptors (Lipinski definition) is 6. The van der Waals surface area contributed by atoms with Crippen molar-refractivity contribution in [3.05, 3.63) is 77.5 Å². The molecule has 0 saturated carbocycles. The van der Waals surface area contributed by atoms with Crippen molar-refractivity contribution in [2.24, 2.45) is 0 Å². The minimum absolute atomic E-state index is 0.255. The Labute approximate surface area is 184 Å². The minimum atomic E-state index is -0.380. The molecule has 2 aromatic carbocycles. The lowest BCUT2D eigenvalue weighted by Gasteiger charge is -2.11. The van der Waals surface area contributed by atoms with Gasteiger partial charge in [0, 0.05) is 25.8 Å². The van der Waals surface area contributed by atoms with Gasteiger partial charge in [0.2, 0.25) is 0 Å². The zero-order valence-corrected chi connectivity index (χ0v) is 17.8. The molecule has 0 aliphatic carbocycles. The van der Waals surface area contributed by atoms with Crippen molar-refractivity contribution in [1.82, 2.24) is 25.1 Å². The van der Waals surface area contributed by atoms with Crippen LogP contribution in [-0.4, -0.2) is 45.9 Å². The normalized spacial score (nSPS) is 11.0. The monoisotopic (exact) mass is 434 g/mol. The number of nitrogens with one attached hydrogen (secondary N) is 2. The quantitative estimate of drug-likeness (QED) is 0.414. The predicted molar refractivity (Wildman–Crippen MR) is 119 cm³/mol. The molecule has 0 aliphatic heterocycles. The van der Waals surface area contributed by atoms with Crippen molar-refractivity contribution < 1.29 is 13.9 Å².